The molecule has 0 aromatic heterocycles. The van der Waals surface area contributed by atoms with Gasteiger partial charge >= 0.3 is 248 Å². The molecular formula is C32H52N2O2S2Sn. The van der Waals surface area contributed by atoms with Gasteiger partial charge in [-0.3, -0.25) is 0 Å². The van der Waals surface area contributed by atoms with E-state index in [1.165, 1.54) is 89.9 Å². The molecule has 3 rings (SSSR count). The number of nitrogens with two attached hydrogens (primary N) is 1. The van der Waals surface area contributed by atoms with E-state index in [-0.39, 0.29) is 4.90 Å². The molecular weight excluding hydrogens is 627 g/mol. The predicted molar refractivity (Wildman–Crippen MR) is 173 cm³/mol. The molecule has 1 heterocycles. The first-order valence-corrected chi connectivity index (χ1v) is 26.7. The van der Waals surface area contributed by atoms with Gasteiger partial charge in [-0.15, -0.1) is 0 Å². The molecule has 218 valence electrons. The van der Waals surface area contributed by atoms with Crippen LogP contribution in [0.25, 0.3) is 0 Å². The van der Waals surface area contributed by atoms with Gasteiger partial charge in [0.25, 0.3) is 0 Å². The van der Waals surface area contributed by atoms with Gasteiger partial charge in [0.1, 0.15) is 0 Å². The number of nitrogen functional groups attached to an aromatic ring is 1. The van der Waals surface area contributed by atoms with Crippen molar-refractivity contribution in [3.8, 4) is 0 Å². The molecule has 0 atom stereocenters. The van der Waals surface area contributed by atoms with Gasteiger partial charge in [0.15, 0.2) is 0 Å². The summed E-state index contributed by atoms with van der Waals surface area (Å²) in [5.74, 6) is 0. The molecule has 0 aliphatic carbocycles. The number of unbranched alkanes of at least 4 members (excludes halogenated alkanes) is 14. The van der Waals surface area contributed by atoms with E-state index in [1.807, 2.05) is 29.7 Å². The third kappa shape index (κ3) is 9.32. The Labute approximate surface area is 246 Å². The number of para-hydroxylation sites is 2. The minimum atomic E-state index is -3.72. The zero-order valence-electron chi connectivity index (χ0n) is 24.5. The molecule has 0 radical (unpaired) electrons. The van der Waals surface area contributed by atoms with Gasteiger partial charge in [0.05, 0.1) is 0 Å². The fourth-order valence-corrected chi connectivity index (χ4v) is 35.7. The van der Waals surface area contributed by atoms with E-state index in [0.717, 1.165) is 32.3 Å². The summed E-state index contributed by atoms with van der Waals surface area (Å²) in [7, 11) is -1.74. The summed E-state index contributed by atoms with van der Waals surface area (Å²) >= 11 is -3.47. The van der Waals surface area contributed by atoms with Gasteiger partial charge in [-0.1, -0.05) is 0 Å². The van der Waals surface area contributed by atoms with Gasteiger partial charge in [-0.25, -0.2) is 0 Å². The number of sulfonamides is 1. The number of hydrogen-bond acceptors (Lipinski definition) is 4. The molecule has 1 aliphatic rings. The Morgan fingerprint density at radius 2 is 1.13 bits per heavy atom. The maximum atomic E-state index is 14.4. The van der Waals surface area contributed by atoms with Crippen LogP contribution in [0.2, 0.25) is 8.87 Å². The molecule has 2 aromatic carbocycles. The maximum absolute atomic E-state index is 14.4. The van der Waals surface area contributed by atoms with Crippen molar-refractivity contribution in [2.45, 2.75) is 135 Å². The molecule has 0 amide bonds. The molecule has 0 bridgehead atoms. The summed E-state index contributed by atoms with van der Waals surface area (Å²) in [5, 5.41) is 0. The number of benzene rings is 2. The Balaban J connectivity index is 1.78. The number of anilines is 2. The molecule has 0 fully saturated rings. The molecule has 39 heavy (non-hydrogen) atoms. The Kier molecular flexibility index (Phi) is 14.4. The van der Waals surface area contributed by atoms with E-state index in [9.17, 15) is 8.42 Å². The van der Waals surface area contributed by atoms with Gasteiger partial charge < -0.3 is 0 Å². The van der Waals surface area contributed by atoms with Crippen LogP contribution >= 0.6 is 8.95 Å². The number of rotatable bonds is 20. The normalized spacial score (nSPS) is 14.6. The third-order valence-electron chi connectivity index (χ3n) is 8.03. The average molecular weight is 680 g/mol. The van der Waals surface area contributed by atoms with E-state index in [2.05, 4.69) is 26.0 Å². The Morgan fingerprint density at radius 3 is 1.67 bits per heavy atom. The van der Waals surface area contributed by atoms with E-state index in [0.29, 0.717) is 5.69 Å². The van der Waals surface area contributed by atoms with Crippen LogP contribution in [0.4, 0.5) is 11.4 Å². The van der Waals surface area contributed by atoms with Crippen molar-refractivity contribution in [1.29, 1.82) is 0 Å². The summed E-state index contributed by atoms with van der Waals surface area (Å²) in [4.78, 5) is 1.43. The minimum absolute atomic E-state index is 0.273. The first-order chi connectivity index (χ1) is 19.0. The van der Waals surface area contributed by atoms with E-state index < -0.39 is 27.3 Å². The Hall–Kier alpha value is -0.861. The van der Waals surface area contributed by atoms with Crippen LogP contribution in [0.5, 0.6) is 0 Å². The first kappa shape index (κ1) is 32.7. The van der Waals surface area contributed by atoms with Crippen LogP contribution in [0.15, 0.2) is 58.3 Å². The second kappa shape index (κ2) is 17.2. The van der Waals surface area contributed by atoms with Crippen LogP contribution in [0.3, 0.4) is 0 Å². The molecule has 2 N–H and O–H groups in total. The summed E-state index contributed by atoms with van der Waals surface area (Å²) < 4.78 is 32.9. The van der Waals surface area contributed by atoms with Crippen molar-refractivity contribution in [1.82, 2.24) is 0 Å². The third-order valence-corrected chi connectivity index (χ3v) is 34.1. The number of fused-ring (bicyclic) bond motifs is 1. The Bertz CT molecular complexity index is 1070. The van der Waals surface area contributed by atoms with Gasteiger partial charge in [0.2, 0.25) is 0 Å². The number of hydrogen-bond donors (Lipinski definition) is 1. The first-order valence-electron chi connectivity index (χ1n) is 15.6. The summed E-state index contributed by atoms with van der Waals surface area (Å²) in [6.07, 6.45) is 20.4. The van der Waals surface area contributed by atoms with Crippen molar-refractivity contribution < 1.29 is 8.42 Å². The van der Waals surface area contributed by atoms with E-state index >= 15 is 0 Å². The van der Waals surface area contributed by atoms with E-state index in [4.69, 9.17) is 5.73 Å². The van der Waals surface area contributed by atoms with Crippen LogP contribution in [-0.4, -0.2) is 25.7 Å². The van der Waals surface area contributed by atoms with Crippen LogP contribution in [0, 0.1) is 0 Å². The zero-order valence-corrected chi connectivity index (χ0v) is 29.0. The van der Waals surface area contributed by atoms with Crippen molar-refractivity contribution in [2.75, 3.05) is 8.26 Å². The second-order valence-corrected chi connectivity index (χ2v) is 31.0. The van der Waals surface area contributed by atoms with Gasteiger partial charge in [-0.2, -0.15) is 0 Å². The summed E-state index contributed by atoms with van der Waals surface area (Å²) in [6.45, 7) is 4.53. The molecule has 1 aliphatic heterocycles. The molecule has 2 aromatic rings. The SMILES string of the molecule is CCCCCCCCC[CH2][Sn]1([CH2]CCCCCCCCC)[S]c2ccccc2[N]1S(=O)(=O)c1ccccc1N. The quantitative estimate of drug-likeness (QED) is 0.0860. The zero-order chi connectivity index (χ0) is 28.0. The predicted octanol–water partition coefficient (Wildman–Crippen LogP) is 10.3. The molecule has 0 unspecified atom stereocenters. The van der Waals surface area contributed by atoms with Gasteiger partial charge in [-0.05, 0) is 0 Å². The molecule has 0 saturated carbocycles. The van der Waals surface area contributed by atoms with Gasteiger partial charge in [0, 0.05) is 0 Å². The van der Waals surface area contributed by atoms with Crippen LogP contribution in [0.1, 0.15) is 117 Å². The fourth-order valence-electron chi connectivity index (χ4n) is 5.84. The van der Waals surface area contributed by atoms with Crippen molar-refractivity contribution >= 4 is 47.6 Å². The van der Waals surface area contributed by atoms with Crippen molar-refractivity contribution in [3.63, 3.8) is 0 Å². The summed E-state index contributed by atoms with van der Waals surface area (Å²) in [5.41, 5.74) is 7.53. The summed E-state index contributed by atoms with van der Waals surface area (Å²) in [6, 6.07) is 15.2. The number of nitrogens with zero attached hydrogens (tertiary/aromatic N) is 1. The molecule has 7 heteroatoms. The van der Waals surface area contributed by atoms with Crippen molar-refractivity contribution in [2.24, 2.45) is 0 Å². The van der Waals surface area contributed by atoms with Crippen LogP contribution < -0.4 is 8.26 Å². The fraction of sp³-hybridized carbons (Fsp3) is 0.625. The topological polar surface area (TPSA) is 63.4 Å². The van der Waals surface area contributed by atoms with E-state index in [1.54, 1.807) is 18.2 Å². The monoisotopic (exact) mass is 680 g/mol. The average Bonchev–Trinajstić information content (AvgIpc) is 3.26. The Morgan fingerprint density at radius 1 is 0.667 bits per heavy atom. The second-order valence-electron chi connectivity index (χ2n) is 11.3. The standard InChI is InChI=1S/C12H11N2O2S2.2C10H21.Sn/c13-9-5-1-4-8-12(9)18(15,16)14-10-6-2-3-7-11(10)17;2*1-3-5-7-9-10-8-6-4-2;/h1-8,17H,13H2;2*1,3-10H2,2H3;/q-1;;;+2/p-1. The van der Waals surface area contributed by atoms with Crippen molar-refractivity contribution in [3.05, 3.63) is 48.5 Å². The van der Waals surface area contributed by atoms with Crippen LogP contribution in [-0.2, 0) is 10.0 Å². The molecule has 0 saturated heterocycles. The molecule has 0 spiro atoms. The molecule has 4 nitrogen and oxygen atoms in total.